The summed E-state index contributed by atoms with van der Waals surface area (Å²) in [5.41, 5.74) is 2.02. The highest BCUT2D eigenvalue weighted by Gasteiger charge is 2.20. The average Bonchev–Trinajstić information content (AvgIpc) is 2.84. The van der Waals surface area contributed by atoms with Gasteiger partial charge in [-0.25, -0.2) is 9.59 Å². The number of hydrogen-bond donors (Lipinski definition) is 1. The number of carbonyl (C=O) groups is 2. The molecule has 0 radical (unpaired) electrons. The molecule has 0 saturated carbocycles. The van der Waals surface area contributed by atoms with Crippen LogP contribution in [-0.4, -0.2) is 18.1 Å². The van der Waals surface area contributed by atoms with E-state index in [0.717, 1.165) is 5.56 Å². The minimum Gasteiger partial charge on any atom is -0.460 e. The second-order valence-electron chi connectivity index (χ2n) is 7.88. The van der Waals surface area contributed by atoms with Crippen molar-refractivity contribution in [3.63, 3.8) is 0 Å². The van der Waals surface area contributed by atoms with Crippen molar-refractivity contribution in [2.45, 2.75) is 26.5 Å². The minimum atomic E-state index is -0.963. The molecule has 1 N–H and O–H groups in total. The van der Waals surface area contributed by atoms with Gasteiger partial charge >= 0.3 is 12.1 Å². The van der Waals surface area contributed by atoms with Gasteiger partial charge in [0.2, 0.25) is 5.43 Å². The summed E-state index contributed by atoms with van der Waals surface area (Å²) in [4.78, 5) is 37.6. The Kier molecular flexibility index (Phi) is 7.17. The number of carbonyl (C=O) groups excluding carboxylic acids is 2. The van der Waals surface area contributed by atoms with Crippen LogP contribution in [0.5, 0.6) is 5.75 Å². The van der Waals surface area contributed by atoms with Gasteiger partial charge in [-0.3, -0.25) is 4.79 Å². The summed E-state index contributed by atoms with van der Waals surface area (Å²) >= 11 is 5.95. The molecule has 0 fully saturated rings. The van der Waals surface area contributed by atoms with Crippen LogP contribution in [-0.2, 0) is 16.1 Å². The van der Waals surface area contributed by atoms with E-state index < -0.39 is 18.1 Å². The van der Waals surface area contributed by atoms with E-state index >= 15 is 0 Å². The van der Waals surface area contributed by atoms with Crippen molar-refractivity contribution >= 4 is 34.6 Å². The summed E-state index contributed by atoms with van der Waals surface area (Å²) in [7, 11) is 0. The van der Waals surface area contributed by atoms with Gasteiger partial charge in [-0.1, -0.05) is 54.1 Å². The highest BCUT2D eigenvalue weighted by Crippen LogP contribution is 2.27. The second kappa shape index (κ2) is 10.4. The summed E-state index contributed by atoms with van der Waals surface area (Å²) in [6, 6.07) is 19.6. The zero-order valence-electron chi connectivity index (χ0n) is 19.0. The van der Waals surface area contributed by atoms with Crippen LogP contribution in [0.3, 0.4) is 0 Å². The van der Waals surface area contributed by atoms with E-state index in [0.29, 0.717) is 27.3 Å². The first-order valence-electron chi connectivity index (χ1n) is 10.8. The van der Waals surface area contributed by atoms with Gasteiger partial charge in [-0.15, -0.1) is 0 Å². The number of rotatable bonds is 6. The molecular weight excluding hydrogens is 470 g/mol. The molecule has 4 aromatic rings. The molecule has 1 aromatic heterocycles. The fourth-order valence-electron chi connectivity index (χ4n) is 3.50. The average molecular weight is 492 g/mol. The Labute approximate surface area is 206 Å². The highest BCUT2D eigenvalue weighted by atomic mass is 35.5. The molecule has 8 heteroatoms. The molecule has 35 heavy (non-hydrogen) atoms. The smallest absolute Gasteiger partial charge is 0.408 e. The van der Waals surface area contributed by atoms with Crippen LogP contribution in [0.1, 0.15) is 18.2 Å². The van der Waals surface area contributed by atoms with Gasteiger partial charge in [0, 0.05) is 11.1 Å². The van der Waals surface area contributed by atoms with E-state index in [-0.39, 0.29) is 23.4 Å². The van der Waals surface area contributed by atoms with Gasteiger partial charge in [-0.2, -0.15) is 0 Å². The Balaban J connectivity index is 1.44. The van der Waals surface area contributed by atoms with Crippen LogP contribution in [0.2, 0.25) is 5.02 Å². The van der Waals surface area contributed by atoms with E-state index in [2.05, 4.69) is 5.32 Å². The van der Waals surface area contributed by atoms with Crippen molar-refractivity contribution in [3.8, 4) is 16.9 Å². The maximum Gasteiger partial charge on any atom is 0.408 e. The molecule has 0 spiro atoms. The predicted molar refractivity (Wildman–Crippen MR) is 133 cm³/mol. The molecule has 4 rings (SSSR count). The molecule has 0 aliphatic heterocycles. The minimum absolute atomic E-state index is 0.0789. The Morgan fingerprint density at radius 1 is 1.03 bits per heavy atom. The molecule has 1 amide bonds. The van der Waals surface area contributed by atoms with Gasteiger partial charge in [0.25, 0.3) is 0 Å². The van der Waals surface area contributed by atoms with Gasteiger partial charge in [0.05, 0.1) is 10.9 Å². The van der Waals surface area contributed by atoms with Crippen molar-refractivity contribution in [2.24, 2.45) is 0 Å². The fourth-order valence-corrected chi connectivity index (χ4v) is 3.63. The molecule has 1 unspecified atom stereocenters. The first-order valence-corrected chi connectivity index (χ1v) is 11.2. The molecule has 3 aromatic carbocycles. The molecule has 0 aliphatic rings. The third kappa shape index (κ3) is 5.70. The van der Waals surface area contributed by atoms with Crippen molar-refractivity contribution in [1.82, 2.24) is 5.32 Å². The Bertz CT molecular complexity index is 1430. The van der Waals surface area contributed by atoms with Crippen LogP contribution >= 0.6 is 11.6 Å². The van der Waals surface area contributed by atoms with Gasteiger partial charge < -0.3 is 19.2 Å². The molecule has 1 heterocycles. The topological polar surface area (TPSA) is 94.8 Å². The SMILES string of the molecule is Cc1oc2cc(OC(=O)C(C)NC(=O)OCc3ccccc3)ccc2c(=O)c1-c1ccc(Cl)cc1. The van der Waals surface area contributed by atoms with Gasteiger partial charge in [-0.05, 0) is 49.2 Å². The van der Waals surface area contributed by atoms with Crippen molar-refractivity contribution in [1.29, 1.82) is 0 Å². The zero-order chi connectivity index (χ0) is 24.9. The number of hydrogen-bond acceptors (Lipinski definition) is 6. The van der Waals surface area contributed by atoms with Crippen molar-refractivity contribution in [2.75, 3.05) is 0 Å². The number of esters is 1. The van der Waals surface area contributed by atoms with E-state index in [1.165, 1.54) is 25.1 Å². The van der Waals surface area contributed by atoms with E-state index in [9.17, 15) is 14.4 Å². The monoisotopic (exact) mass is 491 g/mol. The molecular formula is C27H22ClNO6. The number of benzene rings is 3. The molecule has 0 bridgehead atoms. The number of nitrogens with one attached hydrogen (secondary N) is 1. The van der Waals surface area contributed by atoms with Crippen LogP contribution in [0.15, 0.2) is 82.0 Å². The quantitative estimate of drug-likeness (QED) is 0.277. The summed E-state index contributed by atoms with van der Waals surface area (Å²) in [5, 5.41) is 3.35. The molecule has 178 valence electrons. The normalized spacial score (nSPS) is 11.6. The number of aryl methyl sites for hydroxylation is 1. The lowest BCUT2D eigenvalue weighted by atomic mass is 10.0. The van der Waals surface area contributed by atoms with Gasteiger partial charge in [0.15, 0.2) is 0 Å². The molecule has 1 atom stereocenters. The highest BCUT2D eigenvalue weighted by molar-refractivity contribution is 6.30. The maximum absolute atomic E-state index is 13.1. The van der Waals surface area contributed by atoms with Crippen LogP contribution in [0.25, 0.3) is 22.1 Å². The van der Waals surface area contributed by atoms with E-state index in [1.807, 2.05) is 30.3 Å². The molecule has 7 nitrogen and oxygen atoms in total. The first-order chi connectivity index (χ1) is 16.8. The standard InChI is InChI=1S/C27H22ClNO6/c1-16(29-27(32)33-15-18-6-4-3-5-7-18)26(31)35-21-12-13-22-23(14-21)34-17(2)24(25(22)30)19-8-10-20(28)11-9-19/h3-14,16H,15H2,1-2H3,(H,29,32). The van der Waals surface area contributed by atoms with E-state index in [1.54, 1.807) is 31.2 Å². The summed E-state index contributed by atoms with van der Waals surface area (Å²) in [5.74, 6) is -0.0991. The van der Waals surface area contributed by atoms with E-state index in [4.69, 9.17) is 25.5 Å². The molecule has 0 saturated heterocycles. The number of amides is 1. The number of alkyl carbamates (subject to hydrolysis) is 1. The largest absolute Gasteiger partial charge is 0.460 e. The lowest BCUT2D eigenvalue weighted by Gasteiger charge is -2.14. The zero-order valence-corrected chi connectivity index (χ0v) is 19.8. The summed E-state index contributed by atoms with van der Waals surface area (Å²) < 4.78 is 16.4. The third-order valence-corrected chi connectivity index (χ3v) is 5.54. The summed E-state index contributed by atoms with van der Waals surface area (Å²) in [6.45, 7) is 3.25. The van der Waals surface area contributed by atoms with Crippen LogP contribution in [0.4, 0.5) is 4.79 Å². The van der Waals surface area contributed by atoms with Crippen molar-refractivity contribution < 1.29 is 23.5 Å². The maximum atomic E-state index is 13.1. The fraction of sp³-hybridized carbons (Fsp3) is 0.148. The van der Waals surface area contributed by atoms with Crippen LogP contribution in [0, 0.1) is 6.92 Å². The number of halogens is 1. The van der Waals surface area contributed by atoms with Crippen molar-refractivity contribution in [3.05, 3.63) is 99.4 Å². The van der Waals surface area contributed by atoms with Gasteiger partial charge in [0.1, 0.15) is 29.7 Å². The Hall–Kier alpha value is -4.10. The van der Waals surface area contributed by atoms with Crippen LogP contribution < -0.4 is 15.5 Å². The lowest BCUT2D eigenvalue weighted by Crippen LogP contribution is -2.41. The lowest BCUT2D eigenvalue weighted by molar-refractivity contribution is -0.136. The summed E-state index contributed by atoms with van der Waals surface area (Å²) in [6.07, 6.45) is -0.742. The Morgan fingerprint density at radius 3 is 2.46 bits per heavy atom. The third-order valence-electron chi connectivity index (χ3n) is 5.29. The Morgan fingerprint density at radius 2 is 1.74 bits per heavy atom. The second-order valence-corrected chi connectivity index (χ2v) is 8.31. The number of fused-ring (bicyclic) bond motifs is 1. The number of ether oxygens (including phenoxy) is 2. The predicted octanol–water partition coefficient (Wildman–Crippen LogP) is 5.64. The first kappa shape index (κ1) is 24.0. The molecule has 0 aliphatic carbocycles.